The zero-order chi connectivity index (χ0) is 17.9. The molecule has 0 N–H and O–H groups in total. The Bertz CT molecular complexity index is 847. The van der Waals surface area contributed by atoms with Crippen LogP contribution >= 0.6 is 0 Å². The molecule has 0 unspecified atom stereocenters. The van der Waals surface area contributed by atoms with Gasteiger partial charge in [-0.15, -0.1) is 0 Å². The molecular weight excluding hydrogens is 342 g/mol. The molecule has 0 atom stereocenters. The molecule has 1 aliphatic heterocycles. The SMILES string of the molecule is O=[N+]([O-])c1ccccc1CN1CCN(S(=O)(=O)c2ccccc2)CC1. The van der Waals surface area contributed by atoms with Crippen molar-refractivity contribution in [2.75, 3.05) is 26.2 Å². The summed E-state index contributed by atoms with van der Waals surface area (Å²) in [4.78, 5) is 13.1. The van der Waals surface area contributed by atoms with E-state index in [9.17, 15) is 18.5 Å². The highest BCUT2D eigenvalue weighted by Gasteiger charge is 2.28. The Balaban J connectivity index is 1.66. The standard InChI is InChI=1S/C17H19N3O4S/c21-20(22)17-9-5-4-6-15(17)14-18-10-12-19(13-11-18)25(23,24)16-7-2-1-3-8-16/h1-9H,10-14H2. The number of nitrogens with zero attached hydrogens (tertiary/aromatic N) is 3. The van der Waals surface area contributed by atoms with E-state index < -0.39 is 10.0 Å². The van der Waals surface area contributed by atoms with Crippen molar-refractivity contribution in [1.29, 1.82) is 0 Å². The highest BCUT2D eigenvalue weighted by molar-refractivity contribution is 7.89. The Kier molecular flexibility index (Phi) is 5.12. The van der Waals surface area contributed by atoms with Crippen molar-refractivity contribution >= 4 is 15.7 Å². The third-order valence-corrected chi connectivity index (χ3v) is 6.21. The number of hydrogen-bond acceptors (Lipinski definition) is 5. The third-order valence-electron chi connectivity index (χ3n) is 4.29. The summed E-state index contributed by atoms with van der Waals surface area (Å²) in [5.41, 5.74) is 0.744. The zero-order valence-electron chi connectivity index (χ0n) is 13.6. The van der Waals surface area contributed by atoms with Gasteiger partial charge in [-0.3, -0.25) is 15.0 Å². The molecule has 1 saturated heterocycles. The molecule has 7 nitrogen and oxygen atoms in total. The quantitative estimate of drug-likeness (QED) is 0.601. The third kappa shape index (κ3) is 3.87. The van der Waals surface area contributed by atoms with Gasteiger partial charge in [0.15, 0.2) is 0 Å². The van der Waals surface area contributed by atoms with Crippen molar-refractivity contribution < 1.29 is 13.3 Å². The minimum absolute atomic E-state index is 0.0989. The van der Waals surface area contributed by atoms with Gasteiger partial charge in [-0.25, -0.2) is 8.42 Å². The Hall–Kier alpha value is -2.29. The van der Waals surface area contributed by atoms with Gasteiger partial charge in [0.2, 0.25) is 10.0 Å². The average Bonchev–Trinajstić information content (AvgIpc) is 2.63. The summed E-state index contributed by atoms with van der Waals surface area (Å²) in [6.45, 7) is 2.27. The lowest BCUT2D eigenvalue weighted by molar-refractivity contribution is -0.385. The van der Waals surface area contributed by atoms with Crippen molar-refractivity contribution in [2.24, 2.45) is 0 Å². The molecule has 1 heterocycles. The van der Waals surface area contributed by atoms with Crippen LogP contribution in [-0.4, -0.2) is 48.7 Å². The van der Waals surface area contributed by atoms with Crippen LogP contribution in [0.25, 0.3) is 0 Å². The van der Waals surface area contributed by atoms with Crippen molar-refractivity contribution in [2.45, 2.75) is 11.4 Å². The maximum absolute atomic E-state index is 12.6. The molecule has 0 bridgehead atoms. The minimum atomic E-state index is -3.48. The van der Waals surface area contributed by atoms with Crippen molar-refractivity contribution in [3.8, 4) is 0 Å². The maximum atomic E-state index is 12.6. The monoisotopic (exact) mass is 361 g/mol. The first-order chi connectivity index (χ1) is 12.0. The summed E-state index contributed by atoms with van der Waals surface area (Å²) >= 11 is 0. The minimum Gasteiger partial charge on any atom is -0.296 e. The Morgan fingerprint density at radius 1 is 0.920 bits per heavy atom. The second kappa shape index (κ2) is 7.30. The van der Waals surface area contributed by atoms with Gasteiger partial charge in [0.25, 0.3) is 5.69 Å². The van der Waals surface area contributed by atoms with Gasteiger partial charge in [0.05, 0.1) is 9.82 Å². The summed E-state index contributed by atoms with van der Waals surface area (Å²) < 4.78 is 26.7. The van der Waals surface area contributed by atoms with Crippen molar-refractivity contribution in [1.82, 2.24) is 9.21 Å². The van der Waals surface area contributed by atoms with Gasteiger partial charge in [-0.1, -0.05) is 36.4 Å². The second-order valence-electron chi connectivity index (χ2n) is 5.88. The second-order valence-corrected chi connectivity index (χ2v) is 7.82. The van der Waals surface area contributed by atoms with Crippen LogP contribution in [0.5, 0.6) is 0 Å². The topological polar surface area (TPSA) is 83.8 Å². The number of para-hydroxylation sites is 1. The first kappa shape index (κ1) is 17.5. The summed E-state index contributed by atoms with van der Waals surface area (Å²) in [7, 11) is -3.48. The smallest absolute Gasteiger partial charge is 0.273 e. The summed E-state index contributed by atoms with van der Waals surface area (Å²) in [5.74, 6) is 0. The molecule has 1 aliphatic rings. The number of sulfonamides is 1. The zero-order valence-corrected chi connectivity index (χ0v) is 14.4. The highest BCUT2D eigenvalue weighted by Crippen LogP contribution is 2.22. The predicted molar refractivity (Wildman–Crippen MR) is 93.6 cm³/mol. The van der Waals surface area contributed by atoms with Crippen LogP contribution in [0.3, 0.4) is 0 Å². The number of nitro groups is 1. The fraction of sp³-hybridized carbons (Fsp3) is 0.294. The summed E-state index contributed by atoms with van der Waals surface area (Å²) in [5, 5.41) is 11.1. The van der Waals surface area contributed by atoms with Gasteiger partial charge in [0, 0.05) is 44.4 Å². The van der Waals surface area contributed by atoms with Gasteiger partial charge in [-0.05, 0) is 12.1 Å². The molecule has 0 aromatic heterocycles. The number of hydrogen-bond donors (Lipinski definition) is 0. The molecule has 8 heteroatoms. The van der Waals surface area contributed by atoms with Gasteiger partial charge < -0.3 is 0 Å². The van der Waals surface area contributed by atoms with E-state index >= 15 is 0 Å². The van der Waals surface area contributed by atoms with E-state index in [1.807, 2.05) is 4.90 Å². The Labute approximate surface area is 146 Å². The van der Waals surface area contributed by atoms with Crippen LogP contribution in [0.1, 0.15) is 5.56 Å². The molecule has 2 aromatic rings. The highest BCUT2D eigenvalue weighted by atomic mass is 32.2. The van der Waals surface area contributed by atoms with Crippen molar-refractivity contribution in [3.05, 3.63) is 70.3 Å². The molecule has 3 rings (SSSR count). The van der Waals surface area contributed by atoms with E-state index in [1.165, 1.54) is 10.4 Å². The molecule has 0 spiro atoms. The molecule has 0 amide bonds. The molecule has 25 heavy (non-hydrogen) atoms. The Morgan fingerprint density at radius 3 is 2.16 bits per heavy atom. The fourth-order valence-electron chi connectivity index (χ4n) is 2.93. The number of piperazine rings is 1. The van der Waals surface area contributed by atoms with Crippen LogP contribution in [0.2, 0.25) is 0 Å². The van der Waals surface area contributed by atoms with Gasteiger partial charge >= 0.3 is 0 Å². The van der Waals surface area contributed by atoms with Gasteiger partial charge in [-0.2, -0.15) is 4.31 Å². The van der Waals surface area contributed by atoms with E-state index in [4.69, 9.17) is 0 Å². The normalized spacial score (nSPS) is 16.6. The fourth-order valence-corrected chi connectivity index (χ4v) is 4.38. The van der Waals surface area contributed by atoms with E-state index in [1.54, 1.807) is 48.5 Å². The molecule has 2 aromatic carbocycles. The molecule has 0 radical (unpaired) electrons. The predicted octanol–water partition coefficient (Wildman–Crippen LogP) is 2.10. The van der Waals surface area contributed by atoms with E-state index in [0.717, 1.165) is 0 Å². The number of nitro benzene ring substituents is 1. The van der Waals surface area contributed by atoms with Gasteiger partial charge in [0.1, 0.15) is 0 Å². The van der Waals surface area contributed by atoms with Crippen LogP contribution < -0.4 is 0 Å². The maximum Gasteiger partial charge on any atom is 0.273 e. The van der Waals surface area contributed by atoms with Crippen LogP contribution in [0.15, 0.2) is 59.5 Å². The molecule has 0 saturated carbocycles. The van der Waals surface area contributed by atoms with E-state index in [-0.39, 0.29) is 10.6 Å². The molecular formula is C17H19N3O4S. The first-order valence-corrected chi connectivity index (χ1v) is 9.42. The lowest BCUT2D eigenvalue weighted by Crippen LogP contribution is -2.48. The summed E-state index contributed by atoms with van der Waals surface area (Å²) in [6, 6.07) is 15.0. The first-order valence-electron chi connectivity index (χ1n) is 7.98. The van der Waals surface area contributed by atoms with E-state index in [2.05, 4.69) is 0 Å². The van der Waals surface area contributed by atoms with Crippen LogP contribution in [0.4, 0.5) is 5.69 Å². The lowest BCUT2D eigenvalue weighted by Gasteiger charge is -2.33. The number of rotatable bonds is 5. The summed E-state index contributed by atoms with van der Waals surface area (Å²) in [6.07, 6.45) is 0. The van der Waals surface area contributed by atoms with E-state index in [0.29, 0.717) is 43.2 Å². The van der Waals surface area contributed by atoms with Crippen molar-refractivity contribution in [3.63, 3.8) is 0 Å². The lowest BCUT2D eigenvalue weighted by atomic mass is 10.1. The largest absolute Gasteiger partial charge is 0.296 e. The average molecular weight is 361 g/mol. The molecule has 1 fully saturated rings. The molecule has 132 valence electrons. The van der Waals surface area contributed by atoms with Crippen LogP contribution in [0, 0.1) is 10.1 Å². The van der Waals surface area contributed by atoms with Crippen LogP contribution in [-0.2, 0) is 16.6 Å². The Morgan fingerprint density at radius 2 is 1.52 bits per heavy atom. The number of benzene rings is 2. The molecule has 0 aliphatic carbocycles.